The van der Waals surface area contributed by atoms with Crippen LogP contribution in [-0.4, -0.2) is 25.2 Å². The van der Waals surface area contributed by atoms with Crippen LogP contribution in [0.1, 0.15) is 73.1 Å². The molecule has 158 valence electrons. The first-order valence-corrected chi connectivity index (χ1v) is 10.9. The molecule has 2 fully saturated rings. The van der Waals surface area contributed by atoms with Gasteiger partial charge in [-0.2, -0.15) is 4.98 Å². The Bertz CT molecular complexity index is 1130. The first-order valence-electron chi connectivity index (χ1n) is 10.9. The van der Waals surface area contributed by atoms with Crippen molar-refractivity contribution in [3.05, 3.63) is 46.0 Å². The van der Waals surface area contributed by atoms with Crippen LogP contribution >= 0.6 is 0 Å². The summed E-state index contributed by atoms with van der Waals surface area (Å²) in [5.41, 5.74) is 2.41. The second-order valence-corrected chi connectivity index (χ2v) is 8.61. The molecule has 5 rings (SSSR count). The molecule has 0 aliphatic heterocycles. The molecule has 0 saturated heterocycles. The summed E-state index contributed by atoms with van der Waals surface area (Å²) in [6, 6.07) is 5.85. The van der Waals surface area contributed by atoms with Crippen LogP contribution in [0.15, 0.2) is 27.5 Å². The summed E-state index contributed by atoms with van der Waals surface area (Å²) in [7, 11) is 0. The number of aryl methyl sites for hydroxylation is 1. The van der Waals surface area contributed by atoms with E-state index in [0.29, 0.717) is 23.2 Å². The summed E-state index contributed by atoms with van der Waals surface area (Å²) < 4.78 is 8.82. The van der Waals surface area contributed by atoms with E-state index in [4.69, 9.17) is 4.52 Å². The van der Waals surface area contributed by atoms with E-state index in [1.165, 1.54) is 32.1 Å². The second-order valence-electron chi connectivity index (χ2n) is 8.61. The number of hydrogen-bond donors (Lipinski definition) is 1. The smallest absolute Gasteiger partial charge is 0.329 e. The zero-order chi connectivity index (χ0) is 20.7. The van der Waals surface area contributed by atoms with Crippen LogP contribution in [0.4, 0.5) is 0 Å². The standard InChI is InChI=1S/C22H27N5O3/c1-14-24-20(25-30-14)12-23-21(28)16-9-10-18-19(11-16)26(13-15-7-8-15)22(29)27(18)17-5-3-2-4-6-17/h9-11,15,17H,2-8,12-13H2,1H3,(H,23,28). The van der Waals surface area contributed by atoms with E-state index in [-0.39, 0.29) is 24.2 Å². The second kappa shape index (κ2) is 7.74. The van der Waals surface area contributed by atoms with Crippen LogP contribution in [0.2, 0.25) is 0 Å². The molecule has 2 aromatic heterocycles. The third-order valence-electron chi connectivity index (χ3n) is 6.28. The highest BCUT2D eigenvalue weighted by Gasteiger charge is 2.27. The molecule has 1 N–H and O–H groups in total. The van der Waals surface area contributed by atoms with Gasteiger partial charge in [-0.05, 0) is 49.8 Å². The number of nitrogens with zero attached hydrogens (tertiary/aromatic N) is 4. The lowest BCUT2D eigenvalue weighted by Gasteiger charge is -2.23. The molecule has 0 atom stereocenters. The highest BCUT2D eigenvalue weighted by atomic mass is 16.5. The molecular weight excluding hydrogens is 382 g/mol. The van der Waals surface area contributed by atoms with Gasteiger partial charge in [-0.1, -0.05) is 24.4 Å². The van der Waals surface area contributed by atoms with E-state index < -0.39 is 0 Å². The summed E-state index contributed by atoms with van der Waals surface area (Å²) in [6.07, 6.45) is 8.03. The minimum atomic E-state index is -0.213. The Kier molecular flexibility index (Phi) is 4.92. The molecule has 2 heterocycles. The first kappa shape index (κ1) is 19.1. The van der Waals surface area contributed by atoms with Crippen molar-refractivity contribution in [1.29, 1.82) is 0 Å². The molecule has 1 amide bonds. The fourth-order valence-electron chi connectivity index (χ4n) is 4.52. The van der Waals surface area contributed by atoms with Gasteiger partial charge in [0.15, 0.2) is 5.82 Å². The van der Waals surface area contributed by atoms with E-state index in [1.54, 1.807) is 13.0 Å². The van der Waals surface area contributed by atoms with Crippen molar-refractivity contribution in [2.75, 3.05) is 0 Å². The highest BCUT2D eigenvalue weighted by Crippen LogP contribution is 2.33. The molecule has 0 bridgehead atoms. The summed E-state index contributed by atoms with van der Waals surface area (Å²) in [4.78, 5) is 30.2. The van der Waals surface area contributed by atoms with Crippen molar-refractivity contribution in [3.63, 3.8) is 0 Å². The lowest BCUT2D eigenvalue weighted by Crippen LogP contribution is -2.29. The molecule has 2 saturated carbocycles. The van der Waals surface area contributed by atoms with Gasteiger partial charge in [0.05, 0.1) is 17.6 Å². The molecule has 1 aromatic carbocycles. The SMILES string of the molecule is Cc1nc(CNC(=O)c2ccc3c(c2)n(CC2CC2)c(=O)n3C2CCCCC2)no1. The highest BCUT2D eigenvalue weighted by molar-refractivity contribution is 5.97. The van der Waals surface area contributed by atoms with Crippen LogP contribution < -0.4 is 11.0 Å². The van der Waals surface area contributed by atoms with E-state index in [2.05, 4.69) is 15.5 Å². The normalized spacial score (nSPS) is 17.5. The molecule has 2 aliphatic rings. The van der Waals surface area contributed by atoms with Crippen LogP contribution in [0.3, 0.4) is 0 Å². The van der Waals surface area contributed by atoms with Crippen molar-refractivity contribution in [2.45, 2.75) is 71.0 Å². The van der Waals surface area contributed by atoms with Crippen LogP contribution in [0, 0.1) is 12.8 Å². The van der Waals surface area contributed by atoms with Gasteiger partial charge in [0.1, 0.15) is 0 Å². The Hall–Kier alpha value is -2.90. The fourth-order valence-corrected chi connectivity index (χ4v) is 4.52. The Morgan fingerprint density at radius 1 is 1.17 bits per heavy atom. The lowest BCUT2D eigenvalue weighted by molar-refractivity contribution is 0.0949. The van der Waals surface area contributed by atoms with Crippen molar-refractivity contribution in [3.8, 4) is 0 Å². The maximum Gasteiger partial charge on any atom is 0.329 e. The number of rotatable bonds is 6. The minimum Gasteiger partial charge on any atom is -0.345 e. The third-order valence-corrected chi connectivity index (χ3v) is 6.28. The quantitative estimate of drug-likeness (QED) is 0.674. The van der Waals surface area contributed by atoms with Gasteiger partial charge in [0.2, 0.25) is 5.89 Å². The van der Waals surface area contributed by atoms with E-state index in [9.17, 15) is 9.59 Å². The van der Waals surface area contributed by atoms with Crippen molar-refractivity contribution < 1.29 is 9.32 Å². The first-order chi connectivity index (χ1) is 14.6. The topological polar surface area (TPSA) is 95.0 Å². The third kappa shape index (κ3) is 3.66. The number of carbonyl (C=O) groups excluding carboxylic acids is 1. The zero-order valence-corrected chi connectivity index (χ0v) is 17.3. The van der Waals surface area contributed by atoms with Gasteiger partial charge >= 0.3 is 5.69 Å². The number of benzene rings is 1. The Balaban J connectivity index is 1.47. The molecule has 30 heavy (non-hydrogen) atoms. The summed E-state index contributed by atoms with van der Waals surface area (Å²) in [6.45, 7) is 2.65. The number of imidazole rings is 1. The molecule has 3 aromatic rings. The van der Waals surface area contributed by atoms with Gasteiger partial charge in [-0.15, -0.1) is 0 Å². The number of carbonyl (C=O) groups is 1. The largest absolute Gasteiger partial charge is 0.345 e. The van der Waals surface area contributed by atoms with Crippen molar-refractivity contribution in [1.82, 2.24) is 24.6 Å². The predicted molar refractivity (Wildman–Crippen MR) is 111 cm³/mol. The van der Waals surface area contributed by atoms with E-state index >= 15 is 0 Å². The van der Waals surface area contributed by atoms with Gasteiger partial charge in [0, 0.05) is 25.1 Å². The summed E-state index contributed by atoms with van der Waals surface area (Å²) >= 11 is 0. The average molecular weight is 409 g/mol. The van der Waals surface area contributed by atoms with Crippen molar-refractivity contribution in [2.24, 2.45) is 5.92 Å². The van der Waals surface area contributed by atoms with E-state index in [0.717, 1.165) is 30.4 Å². The van der Waals surface area contributed by atoms with Gasteiger partial charge in [-0.25, -0.2) is 4.79 Å². The molecule has 8 nitrogen and oxygen atoms in total. The Morgan fingerprint density at radius 3 is 2.67 bits per heavy atom. The lowest BCUT2D eigenvalue weighted by atomic mass is 9.95. The van der Waals surface area contributed by atoms with E-state index in [1.807, 2.05) is 21.3 Å². The van der Waals surface area contributed by atoms with Crippen LogP contribution in [0.5, 0.6) is 0 Å². The molecule has 0 radical (unpaired) electrons. The zero-order valence-electron chi connectivity index (χ0n) is 17.3. The monoisotopic (exact) mass is 409 g/mol. The molecule has 0 spiro atoms. The minimum absolute atomic E-state index is 0.0728. The predicted octanol–water partition coefficient (Wildman–Crippen LogP) is 3.34. The summed E-state index contributed by atoms with van der Waals surface area (Å²) in [5.74, 6) is 1.27. The van der Waals surface area contributed by atoms with Gasteiger partial charge in [0.25, 0.3) is 5.91 Å². The maximum atomic E-state index is 13.3. The number of nitrogens with one attached hydrogen (secondary N) is 1. The van der Waals surface area contributed by atoms with Crippen molar-refractivity contribution >= 4 is 16.9 Å². The van der Waals surface area contributed by atoms with Gasteiger partial charge in [-0.3, -0.25) is 13.9 Å². The summed E-state index contributed by atoms with van der Waals surface area (Å²) in [5, 5.41) is 6.63. The molecule has 8 heteroatoms. The Labute approximate surface area is 174 Å². The maximum absolute atomic E-state index is 13.3. The number of fused-ring (bicyclic) bond motifs is 1. The van der Waals surface area contributed by atoms with Crippen LogP contribution in [-0.2, 0) is 13.1 Å². The molecule has 0 unspecified atom stereocenters. The molecular formula is C22H27N5O3. The molecule has 2 aliphatic carbocycles. The Morgan fingerprint density at radius 2 is 1.97 bits per heavy atom. The number of hydrogen-bond acceptors (Lipinski definition) is 5. The number of amides is 1. The number of aromatic nitrogens is 4. The fraction of sp³-hybridized carbons (Fsp3) is 0.545. The van der Waals surface area contributed by atoms with Crippen LogP contribution in [0.25, 0.3) is 11.0 Å². The van der Waals surface area contributed by atoms with Gasteiger partial charge < -0.3 is 9.84 Å². The average Bonchev–Trinajstić information content (AvgIpc) is 3.43.